The molecule has 2 fully saturated rings. The molecule has 0 aliphatic carbocycles. The summed E-state index contributed by atoms with van der Waals surface area (Å²) in [6.45, 7) is 6.87. The second kappa shape index (κ2) is 3.62. The predicted octanol–water partition coefficient (Wildman–Crippen LogP) is 1.23. The number of carbonyl (C=O) groups is 2. The Morgan fingerprint density at radius 3 is 2.41 bits per heavy atom. The highest BCUT2D eigenvalue weighted by Crippen LogP contribution is 2.39. The molecule has 2 rings (SSSR count). The van der Waals surface area contributed by atoms with Gasteiger partial charge in [-0.1, -0.05) is 0 Å². The Morgan fingerprint density at radius 2 is 2.06 bits per heavy atom. The van der Waals surface area contributed by atoms with E-state index in [1.54, 1.807) is 16.8 Å². The van der Waals surface area contributed by atoms with Crippen LogP contribution in [0.15, 0.2) is 0 Å². The highest BCUT2D eigenvalue weighted by Gasteiger charge is 2.54. The summed E-state index contributed by atoms with van der Waals surface area (Å²) in [4.78, 5) is 27.0. The van der Waals surface area contributed by atoms with Crippen LogP contribution < -0.4 is 0 Å². The third kappa shape index (κ3) is 2.10. The van der Waals surface area contributed by atoms with Gasteiger partial charge in [-0.25, -0.2) is 4.79 Å². The van der Waals surface area contributed by atoms with E-state index in [2.05, 4.69) is 0 Å². The van der Waals surface area contributed by atoms with Crippen molar-refractivity contribution in [1.29, 1.82) is 0 Å². The Labute approximate surface area is 102 Å². The van der Waals surface area contributed by atoms with Gasteiger partial charge in [0.05, 0.1) is 12.0 Å². The Hall–Kier alpha value is -1.26. The van der Waals surface area contributed by atoms with Gasteiger partial charge in [0.2, 0.25) is 5.91 Å². The van der Waals surface area contributed by atoms with E-state index in [-0.39, 0.29) is 17.5 Å². The molecular formula is C12H20N2O3. The van der Waals surface area contributed by atoms with Crippen LogP contribution in [0, 0.1) is 0 Å². The van der Waals surface area contributed by atoms with Crippen LogP contribution in [0.1, 0.15) is 33.6 Å². The van der Waals surface area contributed by atoms with Crippen LogP contribution >= 0.6 is 0 Å². The smallest absolute Gasteiger partial charge is 0.410 e. The van der Waals surface area contributed by atoms with E-state index in [1.807, 2.05) is 20.8 Å². The Morgan fingerprint density at radius 1 is 1.41 bits per heavy atom. The normalized spacial score (nSPS) is 28.6. The van der Waals surface area contributed by atoms with Crippen LogP contribution in [0.2, 0.25) is 0 Å². The summed E-state index contributed by atoms with van der Waals surface area (Å²) in [5.74, 6) is 0.109. The number of hydrogen-bond donors (Lipinski definition) is 0. The molecule has 2 aliphatic rings. The van der Waals surface area contributed by atoms with Crippen molar-refractivity contribution in [3.05, 3.63) is 0 Å². The van der Waals surface area contributed by atoms with Crippen LogP contribution in [0.3, 0.4) is 0 Å². The molecule has 5 nitrogen and oxygen atoms in total. The van der Waals surface area contributed by atoms with Crippen LogP contribution in [-0.4, -0.2) is 53.1 Å². The molecule has 0 aromatic heterocycles. The molecule has 5 heteroatoms. The third-order valence-corrected chi connectivity index (χ3v) is 3.42. The number of carbonyl (C=O) groups excluding carboxylic acids is 2. The van der Waals surface area contributed by atoms with Gasteiger partial charge in [-0.05, 0) is 27.2 Å². The van der Waals surface area contributed by atoms with Gasteiger partial charge in [0, 0.05) is 20.1 Å². The average Bonchev–Trinajstić information content (AvgIpc) is 2.40. The molecule has 96 valence electrons. The lowest BCUT2D eigenvalue weighted by atomic mass is 9.84. The molecule has 0 bridgehead atoms. The van der Waals surface area contributed by atoms with Crippen molar-refractivity contribution in [2.24, 2.45) is 0 Å². The average molecular weight is 240 g/mol. The van der Waals surface area contributed by atoms with E-state index in [1.165, 1.54) is 0 Å². The molecule has 1 spiro atoms. The SMILES string of the molecule is CN1CC2(CCN2C(=O)OC(C)(C)C)CC1=O. The molecule has 2 aliphatic heterocycles. The first-order chi connectivity index (χ1) is 7.73. The van der Waals surface area contributed by atoms with Crippen LogP contribution in [0.25, 0.3) is 0 Å². The van der Waals surface area contributed by atoms with Crippen molar-refractivity contribution in [2.75, 3.05) is 20.1 Å². The fourth-order valence-electron chi connectivity index (χ4n) is 2.49. The monoisotopic (exact) mass is 240 g/mol. The van der Waals surface area contributed by atoms with E-state index in [0.29, 0.717) is 19.5 Å². The number of rotatable bonds is 0. The van der Waals surface area contributed by atoms with Crippen molar-refractivity contribution in [3.8, 4) is 0 Å². The maximum atomic E-state index is 12.0. The first kappa shape index (κ1) is 12.2. The number of likely N-dealkylation sites (N-methyl/N-ethyl adjacent to an activating group) is 1. The molecule has 0 aromatic carbocycles. The zero-order valence-electron chi connectivity index (χ0n) is 10.9. The molecule has 2 amide bonds. The summed E-state index contributed by atoms with van der Waals surface area (Å²) in [5, 5.41) is 0. The lowest BCUT2D eigenvalue weighted by Crippen LogP contribution is -2.64. The van der Waals surface area contributed by atoms with E-state index < -0.39 is 5.60 Å². The minimum Gasteiger partial charge on any atom is -0.444 e. The zero-order chi connectivity index (χ0) is 12.8. The van der Waals surface area contributed by atoms with Crippen LogP contribution in [-0.2, 0) is 9.53 Å². The largest absolute Gasteiger partial charge is 0.444 e. The zero-order valence-corrected chi connectivity index (χ0v) is 10.9. The van der Waals surface area contributed by atoms with Crippen molar-refractivity contribution in [1.82, 2.24) is 9.80 Å². The van der Waals surface area contributed by atoms with E-state index in [0.717, 1.165) is 6.42 Å². The number of nitrogens with zero attached hydrogens (tertiary/aromatic N) is 2. The van der Waals surface area contributed by atoms with E-state index in [9.17, 15) is 9.59 Å². The molecule has 1 atom stereocenters. The molecule has 0 radical (unpaired) electrons. The van der Waals surface area contributed by atoms with Gasteiger partial charge in [0.1, 0.15) is 5.60 Å². The summed E-state index contributed by atoms with van der Waals surface area (Å²) < 4.78 is 5.36. The summed E-state index contributed by atoms with van der Waals surface area (Å²) in [5.41, 5.74) is -0.781. The first-order valence-electron chi connectivity index (χ1n) is 5.98. The van der Waals surface area contributed by atoms with Gasteiger partial charge < -0.3 is 14.5 Å². The number of amides is 2. The number of likely N-dealkylation sites (tertiary alicyclic amines) is 2. The van der Waals surface area contributed by atoms with Gasteiger partial charge in [-0.3, -0.25) is 4.79 Å². The lowest BCUT2D eigenvalue weighted by molar-refractivity contribution is -0.126. The highest BCUT2D eigenvalue weighted by atomic mass is 16.6. The third-order valence-electron chi connectivity index (χ3n) is 3.42. The van der Waals surface area contributed by atoms with Crippen molar-refractivity contribution in [2.45, 2.75) is 44.8 Å². The number of ether oxygens (including phenoxy) is 1. The summed E-state index contributed by atoms with van der Waals surface area (Å²) in [6.07, 6.45) is 1.03. The molecule has 2 saturated heterocycles. The van der Waals surface area contributed by atoms with Crippen molar-refractivity contribution >= 4 is 12.0 Å². The minimum absolute atomic E-state index is 0.109. The van der Waals surface area contributed by atoms with Crippen molar-refractivity contribution in [3.63, 3.8) is 0 Å². The Bertz CT molecular complexity index is 361. The maximum absolute atomic E-state index is 12.0. The van der Waals surface area contributed by atoms with E-state index in [4.69, 9.17) is 4.74 Å². The van der Waals surface area contributed by atoms with E-state index >= 15 is 0 Å². The fourth-order valence-corrected chi connectivity index (χ4v) is 2.49. The topological polar surface area (TPSA) is 49.9 Å². The molecule has 0 N–H and O–H groups in total. The highest BCUT2D eigenvalue weighted by molar-refractivity contribution is 5.82. The summed E-state index contributed by atoms with van der Waals surface area (Å²) >= 11 is 0. The molecular weight excluding hydrogens is 220 g/mol. The fraction of sp³-hybridized carbons (Fsp3) is 0.833. The molecule has 0 aromatic rings. The second-order valence-electron chi connectivity index (χ2n) is 6.03. The second-order valence-corrected chi connectivity index (χ2v) is 6.03. The van der Waals surface area contributed by atoms with Crippen LogP contribution in [0.5, 0.6) is 0 Å². The Balaban J connectivity index is 2.04. The molecule has 1 unspecified atom stereocenters. The maximum Gasteiger partial charge on any atom is 0.410 e. The van der Waals surface area contributed by atoms with Gasteiger partial charge >= 0.3 is 6.09 Å². The van der Waals surface area contributed by atoms with Gasteiger partial charge in [0.15, 0.2) is 0 Å². The summed E-state index contributed by atoms with van der Waals surface area (Å²) in [7, 11) is 1.78. The standard InChI is InChI=1S/C12H20N2O3/c1-11(2,3)17-10(16)14-6-5-12(14)7-9(15)13(4)8-12/h5-8H2,1-4H3. The van der Waals surface area contributed by atoms with Gasteiger partial charge in [-0.2, -0.15) is 0 Å². The molecule has 2 heterocycles. The molecule has 0 saturated carbocycles. The van der Waals surface area contributed by atoms with Gasteiger partial charge in [-0.15, -0.1) is 0 Å². The lowest BCUT2D eigenvalue weighted by Gasteiger charge is -2.49. The predicted molar refractivity (Wildman–Crippen MR) is 62.5 cm³/mol. The van der Waals surface area contributed by atoms with Gasteiger partial charge in [0.25, 0.3) is 0 Å². The molecule has 17 heavy (non-hydrogen) atoms. The quantitative estimate of drug-likeness (QED) is 0.640. The van der Waals surface area contributed by atoms with Crippen LogP contribution in [0.4, 0.5) is 4.79 Å². The first-order valence-corrected chi connectivity index (χ1v) is 5.98. The minimum atomic E-state index is -0.484. The number of hydrogen-bond acceptors (Lipinski definition) is 3. The summed E-state index contributed by atoms with van der Waals surface area (Å²) in [6, 6.07) is 0. The van der Waals surface area contributed by atoms with Crippen molar-refractivity contribution < 1.29 is 14.3 Å². The Kier molecular flexibility index (Phi) is 2.60.